The highest BCUT2D eigenvalue weighted by molar-refractivity contribution is 5.98. The molecule has 2 bridgehead atoms. The molecule has 15 heavy (non-hydrogen) atoms. The predicted octanol–water partition coefficient (Wildman–Crippen LogP) is 3.08. The largest absolute Gasteiger partial charge is 0.294 e. The molecule has 3 atom stereocenters. The van der Waals surface area contributed by atoms with E-state index in [9.17, 15) is 4.79 Å². The van der Waals surface area contributed by atoms with Crippen LogP contribution in [-0.4, -0.2) is 5.78 Å². The fraction of sp³-hybridized carbons (Fsp3) is 0.357. The Kier molecular flexibility index (Phi) is 1.98. The van der Waals surface area contributed by atoms with Crippen LogP contribution in [0.5, 0.6) is 0 Å². The summed E-state index contributed by atoms with van der Waals surface area (Å²) >= 11 is 0. The molecular formula is C14H14O. The molecule has 0 N–H and O–H groups in total. The summed E-state index contributed by atoms with van der Waals surface area (Å²) in [5, 5.41) is 0. The van der Waals surface area contributed by atoms with Crippen molar-refractivity contribution in [3.05, 3.63) is 48.0 Å². The maximum absolute atomic E-state index is 12.2. The highest BCUT2D eigenvalue weighted by atomic mass is 16.1. The molecule has 1 aromatic rings. The second kappa shape index (κ2) is 3.34. The van der Waals surface area contributed by atoms with E-state index in [1.54, 1.807) is 0 Å². The van der Waals surface area contributed by atoms with Gasteiger partial charge in [-0.3, -0.25) is 4.79 Å². The van der Waals surface area contributed by atoms with Crippen LogP contribution in [-0.2, 0) is 0 Å². The summed E-state index contributed by atoms with van der Waals surface area (Å²) in [6.45, 7) is 0. The minimum atomic E-state index is 0.252. The second-order valence-electron chi connectivity index (χ2n) is 4.62. The molecule has 1 fully saturated rings. The Bertz CT molecular complexity index is 405. The molecule has 1 heteroatoms. The van der Waals surface area contributed by atoms with Crippen LogP contribution in [0.2, 0.25) is 0 Å². The Morgan fingerprint density at radius 3 is 2.47 bits per heavy atom. The number of fused-ring (bicyclic) bond motifs is 2. The van der Waals surface area contributed by atoms with Gasteiger partial charge in [-0.15, -0.1) is 0 Å². The topological polar surface area (TPSA) is 17.1 Å². The van der Waals surface area contributed by atoms with Gasteiger partial charge < -0.3 is 0 Å². The maximum Gasteiger partial charge on any atom is 0.166 e. The first-order chi connectivity index (χ1) is 7.34. The van der Waals surface area contributed by atoms with Crippen molar-refractivity contribution in [2.75, 3.05) is 0 Å². The Morgan fingerprint density at radius 2 is 1.87 bits per heavy atom. The molecule has 0 saturated heterocycles. The van der Waals surface area contributed by atoms with Crippen molar-refractivity contribution >= 4 is 5.78 Å². The number of allylic oxidation sites excluding steroid dienone is 2. The van der Waals surface area contributed by atoms with Crippen molar-refractivity contribution in [1.82, 2.24) is 0 Å². The summed E-state index contributed by atoms with van der Waals surface area (Å²) in [7, 11) is 0. The minimum absolute atomic E-state index is 0.252. The van der Waals surface area contributed by atoms with E-state index in [-0.39, 0.29) is 5.92 Å². The zero-order chi connectivity index (χ0) is 10.3. The molecule has 0 aliphatic heterocycles. The fourth-order valence-corrected chi connectivity index (χ4v) is 2.90. The van der Waals surface area contributed by atoms with Crippen LogP contribution in [0.3, 0.4) is 0 Å². The third kappa shape index (κ3) is 1.43. The van der Waals surface area contributed by atoms with E-state index in [1.165, 1.54) is 6.42 Å². The lowest BCUT2D eigenvalue weighted by atomic mass is 9.86. The van der Waals surface area contributed by atoms with Crippen LogP contribution in [0.15, 0.2) is 42.5 Å². The van der Waals surface area contributed by atoms with Crippen molar-refractivity contribution < 1.29 is 4.79 Å². The molecule has 76 valence electrons. The third-order valence-corrected chi connectivity index (χ3v) is 3.67. The molecule has 3 rings (SSSR count). The first kappa shape index (κ1) is 8.90. The van der Waals surface area contributed by atoms with Gasteiger partial charge in [0.05, 0.1) is 0 Å². The van der Waals surface area contributed by atoms with E-state index in [2.05, 4.69) is 12.2 Å². The van der Waals surface area contributed by atoms with Crippen molar-refractivity contribution in [2.45, 2.75) is 12.8 Å². The van der Waals surface area contributed by atoms with Gasteiger partial charge in [0, 0.05) is 11.5 Å². The number of ketones is 1. The summed E-state index contributed by atoms with van der Waals surface area (Å²) in [6, 6.07) is 9.69. The highest BCUT2D eigenvalue weighted by Gasteiger charge is 2.39. The smallest absolute Gasteiger partial charge is 0.166 e. The van der Waals surface area contributed by atoms with E-state index in [1.807, 2.05) is 30.3 Å². The summed E-state index contributed by atoms with van der Waals surface area (Å²) in [5.74, 6) is 1.78. The minimum Gasteiger partial charge on any atom is -0.294 e. The number of benzene rings is 1. The number of carbonyl (C=O) groups excluding carboxylic acids is 1. The summed E-state index contributed by atoms with van der Waals surface area (Å²) in [4.78, 5) is 12.2. The van der Waals surface area contributed by atoms with Crippen LogP contribution in [0.25, 0.3) is 0 Å². The van der Waals surface area contributed by atoms with E-state index in [0.29, 0.717) is 17.6 Å². The Hall–Kier alpha value is -1.37. The molecule has 0 heterocycles. The summed E-state index contributed by atoms with van der Waals surface area (Å²) in [6.07, 6.45) is 6.78. The fourth-order valence-electron chi connectivity index (χ4n) is 2.90. The van der Waals surface area contributed by atoms with Crippen molar-refractivity contribution in [1.29, 1.82) is 0 Å². The second-order valence-corrected chi connectivity index (χ2v) is 4.62. The van der Waals surface area contributed by atoms with E-state index in [4.69, 9.17) is 0 Å². The lowest BCUT2D eigenvalue weighted by Crippen LogP contribution is -2.18. The molecule has 0 unspecified atom stereocenters. The molecular weight excluding hydrogens is 184 g/mol. The predicted molar refractivity (Wildman–Crippen MR) is 59.6 cm³/mol. The first-order valence-corrected chi connectivity index (χ1v) is 5.62. The quantitative estimate of drug-likeness (QED) is 0.527. The van der Waals surface area contributed by atoms with Crippen LogP contribution in [0.1, 0.15) is 23.2 Å². The molecule has 1 saturated carbocycles. The van der Waals surface area contributed by atoms with Gasteiger partial charge in [-0.2, -0.15) is 0 Å². The monoisotopic (exact) mass is 198 g/mol. The standard InChI is InChI=1S/C14H14O/c15-14(11-4-2-1-3-5-11)13-9-10-6-7-12(13)8-10/h1-7,10,12-13H,8-9H2/t10-,12+,13+/m0/s1. The molecule has 0 aromatic heterocycles. The molecule has 0 radical (unpaired) electrons. The van der Waals surface area contributed by atoms with Gasteiger partial charge in [-0.1, -0.05) is 42.5 Å². The number of rotatable bonds is 2. The highest BCUT2D eigenvalue weighted by Crippen LogP contribution is 2.44. The number of Topliss-reactive ketones (excluding diaryl/α,β-unsaturated/α-hetero) is 1. The zero-order valence-electron chi connectivity index (χ0n) is 8.60. The van der Waals surface area contributed by atoms with Gasteiger partial charge in [0.15, 0.2) is 5.78 Å². The lowest BCUT2D eigenvalue weighted by Gasteiger charge is -2.16. The third-order valence-electron chi connectivity index (χ3n) is 3.67. The number of hydrogen-bond donors (Lipinski definition) is 0. The zero-order valence-corrected chi connectivity index (χ0v) is 8.60. The van der Waals surface area contributed by atoms with E-state index < -0.39 is 0 Å². The van der Waals surface area contributed by atoms with Crippen molar-refractivity contribution in [3.63, 3.8) is 0 Å². The SMILES string of the molecule is O=C(c1ccccc1)[C@@H]1C[C@H]2C=C[C@@H]1C2. The van der Waals surface area contributed by atoms with Gasteiger partial charge >= 0.3 is 0 Å². The summed E-state index contributed by atoms with van der Waals surface area (Å²) < 4.78 is 0. The normalized spacial score (nSPS) is 32.1. The average Bonchev–Trinajstić information content (AvgIpc) is 2.91. The van der Waals surface area contributed by atoms with Crippen LogP contribution in [0, 0.1) is 17.8 Å². The van der Waals surface area contributed by atoms with Gasteiger partial charge in [-0.25, -0.2) is 0 Å². The molecule has 1 nitrogen and oxygen atoms in total. The first-order valence-electron chi connectivity index (χ1n) is 5.62. The van der Waals surface area contributed by atoms with Crippen LogP contribution < -0.4 is 0 Å². The number of hydrogen-bond acceptors (Lipinski definition) is 1. The average molecular weight is 198 g/mol. The molecule has 2 aliphatic carbocycles. The summed E-state index contributed by atoms with van der Waals surface area (Å²) in [5.41, 5.74) is 0.878. The molecule has 0 spiro atoms. The maximum atomic E-state index is 12.2. The van der Waals surface area contributed by atoms with Gasteiger partial charge in [0.2, 0.25) is 0 Å². The van der Waals surface area contributed by atoms with Crippen molar-refractivity contribution in [2.24, 2.45) is 17.8 Å². The Balaban J connectivity index is 1.85. The Morgan fingerprint density at radius 1 is 1.07 bits per heavy atom. The Labute approximate surface area is 89.8 Å². The molecule has 2 aliphatic rings. The van der Waals surface area contributed by atoms with Gasteiger partial charge in [0.25, 0.3) is 0 Å². The lowest BCUT2D eigenvalue weighted by molar-refractivity contribution is 0.0901. The van der Waals surface area contributed by atoms with E-state index in [0.717, 1.165) is 12.0 Å². The van der Waals surface area contributed by atoms with Crippen molar-refractivity contribution in [3.8, 4) is 0 Å². The molecule has 1 aromatic carbocycles. The van der Waals surface area contributed by atoms with Gasteiger partial charge in [0.1, 0.15) is 0 Å². The molecule has 0 amide bonds. The van der Waals surface area contributed by atoms with Crippen LogP contribution >= 0.6 is 0 Å². The van der Waals surface area contributed by atoms with Gasteiger partial charge in [-0.05, 0) is 24.7 Å². The van der Waals surface area contributed by atoms with E-state index >= 15 is 0 Å². The van der Waals surface area contributed by atoms with Crippen LogP contribution in [0.4, 0.5) is 0 Å². The number of carbonyl (C=O) groups is 1.